The molecule has 2 N–H and O–H groups in total. The van der Waals surface area contributed by atoms with Crippen molar-refractivity contribution in [3.8, 4) is 5.75 Å². The van der Waals surface area contributed by atoms with E-state index in [1.165, 1.54) is 0 Å². The van der Waals surface area contributed by atoms with Gasteiger partial charge in [0.25, 0.3) is 0 Å². The molecule has 0 aliphatic carbocycles. The average Bonchev–Trinajstić information content (AvgIpc) is 2.34. The van der Waals surface area contributed by atoms with E-state index in [0.717, 1.165) is 25.7 Å². The van der Waals surface area contributed by atoms with E-state index >= 15 is 0 Å². The highest BCUT2D eigenvalue weighted by Gasteiger charge is 2.05. The van der Waals surface area contributed by atoms with Crippen LogP contribution in [0.1, 0.15) is 0 Å². The second-order valence-corrected chi connectivity index (χ2v) is 5.37. The molecule has 0 aliphatic heterocycles. The largest absolute Gasteiger partial charge is 0.497 e. The minimum Gasteiger partial charge on any atom is -0.497 e. The molecule has 0 radical (unpaired) electrons. The highest BCUT2D eigenvalue weighted by molar-refractivity contribution is 9.10. The molecule has 0 saturated carbocycles. The number of hydrogen-bond acceptors (Lipinski definition) is 3. The third-order valence-corrected chi connectivity index (χ3v) is 4.40. The second-order valence-electron chi connectivity index (χ2n) is 3.44. The predicted octanol–water partition coefficient (Wildman–Crippen LogP) is 4.19. The summed E-state index contributed by atoms with van der Waals surface area (Å²) in [4.78, 5) is 2.17. The van der Waals surface area contributed by atoms with Crippen molar-refractivity contribution in [3.05, 3.63) is 46.9 Å². The van der Waals surface area contributed by atoms with E-state index in [1.807, 2.05) is 36.4 Å². The number of anilines is 1. The normalized spacial score (nSPS) is 10.2. The number of halogens is 1. The lowest BCUT2D eigenvalue weighted by atomic mass is 10.3. The molecule has 2 aromatic rings. The van der Waals surface area contributed by atoms with Crippen molar-refractivity contribution in [2.24, 2.45) is 0 Å². The van der Waals surface area contributed by atoms with Gasteiger partial charge in [-0.25, -0.2) is 0 Å². The van der Waals surface area contributed by atoms with Gasteiger partial charge in [-0.05, 0) is 40.2 Å². The van der Waals surface area contributed by atoms with Gasteiger partial charge in [-0.3, -0.25) is 0 Å². The molecule has 0 aromatic heterocycles. The van der Waals surface area contributed by atoms with Crippen molar-refractivity contribution in [2.45, 2.75) is 9.79 Å². The summed E-state index contributed by atoms with van der Waals surface area (Å²) in [5, 5.41) is 0. The number of rotatable bonds is 3. The molecular formula is C13H12BrNOS. The number of hydrogen-bond donors (Lipinski definition) is 1. The molecule has 0 spiro atoms. The summed E-state index contributed by atoms with van der Waals surface area (Å²) < 4.78 is 6.20. The lowest BCUT2D eigenvalue weighted by Gasteiger charge is -2.08. The van der Waals surface area contributed by atoms with Crippen molar-refractivity contribution in [1.29, 1.82) is 0 Å². The van der Waals surface area contributed by atoms with Crippen LogP contribution in [0.4, 0.5) is 5.69 Å². The van der Waals surface area contributed by atoms with Crippen molar-refractivity contribution >= 4 is 33.4 Å². The first-order chi connectivity index (χ1) is 8.20. The summed E-state index contributed by atoms with van der Waals surface area (Å²) >= 11 is 5.15. The Balaban J connectivity index is 2.28. The minimum atomic E-state index is 0.727. The minimum absolute atomic E-state index is 0.727. The van der Waals surface area contributed by atoms with Gasteiger partial charge in [0.05, 0.1) is 7.11 Å². The molecule has 0 heterocycles. The zero-order valence-corrected chi connectivity index (χ0v) is 11.7. The number of ether oxygens (including phenoxy) is 1. The Morgan fingerprint density at radius 2 is 1.88 bits per heavy atom. The SMILES string of the molecule is COc1ccc(Sc2ccccc2Br)c(N)c1. The lowest BCUT2D eigenvalue weighted by Crippen LogP contribution is -1.90. The fourth-order valence-corrected chi connectivity index (χ4v) is 2.78. The molecular weight excluding hydrogens is 298 g/mol. The fourth-order valence-electron chi connectivity index (χ4n) is 1.39. The van der Waals surface area contributed by atoms with Crippen LogP contribution in [-0.2, 0) is 0 Å². The summed E-state index contributed by atoms with van der Waals surface area (Å²) in [5.74, 6) is 0.777. The van der Waals surface area contributed by atoms with Crippen molar-refractivity contribution < 1.29 is 4.74 Å². The van der Waals surface area contributed by atoms with Gasteiger partial charge in [-0.15, -0.1) is 0 Å². The molecule has 2 aromatic carbocycles. The quantitative estimate of drug-likeness (QED) is 0.863. The van der Waals surface area contributed by atoms with Crippen LogP contribution in [-0.4, -0.2) is 7.11 Å². The van der Waals surface area contributed by atoms with E-state index < -0.39 is 0 Å². The lowest BCUT2D eigenvalue weighted by molar-refractivity contribution is 0.415. The smallest absolute Gasteiger partial charge is 0.120 e. The first-order valence-corrected chi connectivity index (χ1v) is 6.67. The van der Waals surface area contributed by atoms with Gasteiger partial charge in [-0.1, -0.05) is 23.9 Å². The van der Waals surface area contributed by atoms with E-state index in [4.69, 9.17) is 10.5 Å². The summed E-state index contributed by atoms with van der Waals surface area (Å²) in [6.45, 7) is 0. The van der Waals surface area contributed by atoms with Crippen LogP contribution in [0, 0.1) is 0 Å². The van der Waals surface area contributed by atoms with Gasteiger partial charge in [0, 0.05) is 26.0 Å². The maximum Gasteiger partial charge on any atom is 0.120 e. The highest BCUT2D eigenvalue weighted by atomic mass is 79.9. The molecule has 0 saturated heterocycles. The van der Waals surface area contributed by atoms with Crippen molar-refractivity contribution in [1.82, 2.24) is 0 Å². The van der Waals surface area contributed by atoms with E-state index in [0.29, 0.717) is 0 Å². The second kappa shape index (κ2) is 5.47. The van der Waals surface area contributed by atoms with Crippen molar-refractivity contribution in [3.63, 3.8) is 0 Å². The molecule has 0 atom stereocenters. The Labute approximate surface area is 113 Å². The standard InChI is InChI=1S/C13H12BrNOS/c1-16-9-6-7-13(11(15)8-9)17-12-5-3-2-4-10(12)14/h2-8H,15H2,1H3. The van der Waals surface area contributed by atoms with Gasteiger partial charge in [0.15, 0.2) is 0 Å². The zero-order chi connectivity index (χ0) is 12.3. The monoisotopic (exact) mass is 309 g/mol. The summed E-state index contributed by atoms with van der Waals surface area (Å²) in [5.41, 5.74) is 6.71. The number of nitrogens with two attached hydrogens (primary N) is 1. The van der Waals surface area contributed by atoms with Crippen LogP contribution in [0.2, 0.25) is 0 Å². The van der Waals surface area contributed by atoms with Gasteiger partial charge < -0.3 is 10.5 Å². The summed E-state index contributed by atoms with van der Waals surface area (Å²) in [6, 6.07) is 13.8. The van der Waals surface area contributed by atoms with E-state index in [-0.39, 0.29) is 0 Å². The Hall–Kier alpha value is -1.13. The van der Waals surface area contributed by atoms with Crippen LogP contribution >= 0.6 is 27.7 Å². The number of methoxy groups -OCH3 is 1. The molecule has 17 heavy (non-hydrogen) atoms. The van der Waals surface area contributed by atoms with E-state index in [2.05, 4.69) is 22.0 Å². The first-order valence-electron chi connectivity index (χ1n) is 5.06. The maximum atomic E-state index is 5.98. The van der Waals surface area contributed by atoms with Crippen LogP contribution < -0.4 is 10.5 Å². The fraction of sp³-hybridized carbons (Fsp3) is 0.0769. The van der Waals surface area contributed by atoms with E-state index in [9.17, 15) is 0 Å². The highest BCUT2D eigenvalue weighted by Crippen LogP contribution is 2.37. The Morgan fingerprint density at radius 3 is 2.53 bits per heavy atom. The molecule has 0 aliphatic rings. The molecule has 0 unspecified atom stereocenters. The molecule has 2 rings (SSSR count). The summed E-state index contributed by atoms with van der Waals surface area (Å²) in [6.07, 6.45) is 0. The van der Waals surface area contributed by atoms with Crippen LogP contribution in [0.3, 0.4) is 0 Å². The van der Waals surface area contributed by atoms with Gasteiger partial charge in [0.1, 0.15) is 5.75 Å². The van der Waals surface area contributed by atoms with Crippen LogP contribution in [0.25, 0.3) is 0 Å². The zero-order valence-electron chi connectivity index (χ0n) is 9.31. The topological polar surface area (TPSA) is 35.2 Å². The molecule has 0 amide bonds. The predicted molar refractivity (Wildman–Crippen MR) is 75.7 cm³/mol. The first kappa shape index (κ1) is 12.3. The summed E-state index contributed by atoms with van der Waals surface area (Å²) in [7, 11) is 1.63. The molecule has 2 nitrogen and oxygen atoms in total. The van der Waals surface area contributed by atoms with Crippen molar-refractivity contribution in [2.75, 3.05) is 12.8 Å². The van der Waals surface area contributed by atoms with Crippen LogP contribution in [0.15, 0.2) is 56.7 Å². The molecule has 0 bridgehead atoms. The van der Waals surface area contributed by atoms with Gasteiger partial charge >= 0.3 is 0 Å². The van der Waals surface area contributed by atoms with E-state index in [1.54, 1.807) is 18.9 Å². The van der Waals surface area contributed by atoms with Gasteiger partial charge in [0.2, 0.25) is 0 Å². The third kappa shape index (κ3) is 2.96. The average molecular weight is 310 g/mol. The van der Waals surface area contributed by atoms with Gasteiger partial charge in [-0.2, -0.15) is 0 Å². The Kier molecular flexibility index (Phi) is 3.97. The third-order valence-electron chi connectivity index (χ3n) is 2.27. The Morgan fingerprint density at radius 1 is 1.12 bits per heavy atom. The maximum absolute atomic E-state index is 5.98. The van der Waals surface area contributed by atoms with Crippen LogP contribution in [0.5, 0.6) is 5.75 Å². The Bertz CT molecular complexity index is 531. The molecule has 4 heteroatoms. The number of benzene rings is 2. The number of nitrogen functional groups attached to an aromatic ring is 1. The molecule has 0 fully saturated rings. The molecule has 88 valence electrons.